The summed E-state index contributed by atoms with van der Waals surface area (Å²) in [6.07, 6.45) is 4.93. The number of ether oxygens (including phenoxy) is 2. The molecule has 0 aliphatic carbocycles. The fourth-order valence-corrected chi connectivity index (χ4v) is 7.38. The number of methoxy groups -OCH3 is 1. The zero-order valence-corrected chi connectivity index (χ0v) is 28.8. The lowest BCUT2D eigenvalue weighted by Gasteiger charge is -2.30. The van der Waals surface area contributed by atoms with Gasteiger partial charge in [-0.25, -0.2) is 0 Å². The van der Waals surface area contributed by atoms with E-state index >= 15 is 0 Å². The number of unbranched alkanes of at least 4 members (excludes halogenated alkanes) is 1. The third-order valence-electron chi connectivity index (χ3n) is 9.57. The van der Waals surface area contributed by atoms with Crippen molar-refractivity contribution in [1.82, 2.24) is 4.90 Å². The molecule has 252 valence electrons. The molecule has 8 heteroatoms. The lowest BCUT2D eigenvalue weighted by atomic mass is 9.83. The molecule has 0 bridgehead atoms. The molecule has 0 spiro atoms. The number of quaternary nitrogens is 1. The summed E-state index contributed by atoms with van der Waals surface area (Å²) >= 11 is 0. The summed E-state index contributed by atoms with van der Waals surface area (Å²) in [6.45, 7) is 4.98. The fraction of sp³-hybridized carbons (Fsp3) is 0.487. The minimum absolute atomic E-state index is 0.0164. The maximum Gasteiger partial charge on any atom is 0.308 e. The SMILES string of the molecule is CCCCN(C(=O)CN1CC(c2ccc3c(c2)CCO3)C(C(=O)O)C1CCCc1ccccc1OC)c1cccc(C[N+](C)(C)C)c1. The standard InChI is InChI=1S/C39H51N3O5/c1-6-7-21-41(32-15-10-12-28(23-32)27-42(2,3)4)37(43)26-40-25-33(30-18-19-36-31(24-30)20-22-47-36)38(39(44)45)34(40)16-11-14-29-13-8-9-17-35(29)46-5/h8-10,12-13,15,17-19,23-24,33-34,38H,6-7,11,14,16,20-22,25-27H2,1-5H3/p+1. The van der Waals surface area contributed by atoms with Crippen LogP contribution in [0.4, 0.5) is 5.69 Å². The number of carboxylic acid groups (broad SMARTS) is 1. The van der Waals surface area contributed by atoms with E-state index in [0.717, 1.165) is 77.0 Å². The summed E-state index contributed by atoms with van der Waals surface area (Å²) < 4.78 is 12.1. The average molecular weight is 643 g/mol. The van der Waals surface area contributed by atoms with Gasteiger partial charge in [-0.3, -0.25) is 14.5 Å². The first-order valence-corrected chi connectivity index (χ1v) is 17.1. The summed E-state index contributed by atoms with van der Waals surface area (Å²) in [5.41, 5.74) is 5.35. The predicted molar refractivity (Wildman–Crippen MR) is 186 cm³/mol. The molecule has 3 aromatic carbocycles. The van der Waals surface area contributed by atoms with Gasteiger partial charge >= 0.3 is 5.97 Å². The van der Waals surface area contributed by atoms with Crippen LogP contribution in [0.2, 0.25) is 0 Å². The van der Waals surface area contributed by atoms with Gasteiger partial charge in [0.15, 0.2) is 0 Å². The van der Waals surface area contributed by atoms with E-state index in [2.05, 4.69) is 57.2 Å². The maximum absolute atomic E-state index is 14.3. The van der Waals surface area contributed by atoms with Gasteiger partial charge in [0, 0.05) is 42.7 Å². The first-order valence-electron chi connectivity index (χ1n) is 17.1. The van der Waals surface area contributed by atoms with Crippen molar-refractivity contribution in [2.45, 2.75) is 64.0 Å². The number of hydrogen-bond acceptors (Lipinski definition) is 5. The molecule has 0 saturated carbocycles. The minimum atomic E-state index is -0.806. The van der Waals surface area contributed by atoms with Crippen molar-refractivity contribution in [3.8, 4) is 11.5 Å². The second-order valence-electron chi connectivity index (χ2n) is 14.2. The second-order valence-corrected chi connectivity index (χ2v) is 14.2. The fourth-order valence-electron chi connectivity index (χ4n) is 7.38. The summed E-state index contributed by atoms with van der Waals surface area (Å²) in [7, 11) is 8.17. The van der Waals surface area contributed by atoms with Crippen LogP contribution < -0.4 is 14.4 Å². The van der Waals surface area contributed by atoms with E-state index < -0.39 is 11.9 Å². The van der Waals surface area contributed by atoms with Gasteiger partial charge in [-0.05, 0) is 66.6 Å². The minimum Gasteiger partial charge on any atom is -0.496 e. The quantitative estimate of drug-likeness (QED) is 0.200. The summed E-state index contributed by atoms with van der Waals surface area (Å²) in [5.74, 6) is 0.0934. The topological polar surface area (TPSA) is 79.3 Å². The van der Waals surface area contributed by atoms with Gasteiger partial charge in [0.05, 0.1) is 47.3 Å². The van der Waals surface area contributed by atoms with Crippen LogP contribution >= 0.6 is 0 Å². The van der Waals surface area contributed by atoms with Crippen molar-refractivity contribution in [2.24, 2.45) is 5.92 Å². The molecule has 1 amide bonds. The number of anilines is 1. The highest BCUT2D eigenvalue weighted by atomic mass is 16.5. The van der Waals surface area contributed by atoms with Crippen molar-refractivity contribution >= 4 is 17.6 Å². The Hall–Kier alpha value is -3.88. The number of para-hydroxylation sites is 1. The Labute approximate surface area is 280 Å². The number of aryl methyl sites for hydroxylation is 1. The lowest BCUT2D eigenvalue weighted by molar-refractivity contribution is -0.884. The van der Waals surface area contributed by atoms with Crippen molar-refractivity contribution in [2.75, 3.05) is 59.4 Å². The number of hydrogen-bond donors (Lipinski definition) is 1. The van der Waals surface area contributed by atoms with E-state index in [1.54, 1.807) is 7.11 Å². The number of rotatable bonds is 15. The highest BCUT2D eigenvalue weighted by Gasteiger charge is 2.47. The molecule has 2 aliphatic rings. The smallest absolute Gasteiger partial charge is 0.308 e. The number of fused-ring (bicyclic) bond motifs is 1. The molecular formula is C39H52N3O5+. The number of carbonyl (C=O) groups is 2. The number of likely N-dealkylation sites (tertiary alicyclic amines) is 1. The number of aliphatic carboxylic acids is 1. The molecular weight excluding hydrogens is 590 g/mol. The molecule has 47 heavy (non-hydrogen) atoms. The number of benzene rings is 3. The molecule has 0 aromatic heterocycles. The Morgan fingerprint density at radius 1 is 1.04 bits per heavy atom. The molecule has 2 heterocycles. The summed E-state index contributed by atoms with van der Waals surface area (Å²) in [5, 5.41) is 10.7. The van der Waals surface area contributed by atoms with Crippen molar-refractivity contribution in [3.05, 3.63) is 89.0 Å². The zero-order chi connectivity index (χ0) is 33.6. The van der Waals surface area contributed by atoms with Crippen molar-refractivity contribution < 1.29 is 28.7 Å². The van der Waals surface area contributed by atoms with Gasteiger partial charge in [-0.15, -0.1) is 0 Å². The van der Waals surface area contributed by atoms with Crippen LogP contribution in [0, 0.1) is 5.92 Å². The van der Waals surface area contributed by atoms with E-state index in [0.29, 0.717) is 26.1 Å². The molecule has 1 saturated heterocycles. The summed E-state index contributed by atoms with van der Waals surface area (Å²) in [4.78, 5) is 31.5. The lowest BCUT2D eigenvalue weighted by Crippen LogP contribution is -2.44. The van der Waals surface area contributed by atoms with Crippen LogP contribution in [0.15, 0.2) is 66.7 Å². The third kappa shape index (κ3) is 8.54. The van der Waals surface area contributed by atoms with Gasteiger partial charge in [-0.1, -0.05) is 55.8 Å². The van der Waals surface area contributed by atoms with Crippen LogP contribution in [-0.2, 0) is 29.0 Å². The maximum atomic E-state index is 14.3. The normalized spacial score (nSPS) is 19.3. The van der Waals surface area contributed by atoms with Gasteiger partial charge in [-0.2, -0.15) is 0 Å². The Bertz CT molecular complexity index is 1530. The Morgan fingerprint density at radius 3 is 2.60 bits per heavy atom. The van der Waals surface area contributed by atoms with Gasteiger partial charge in [0.2, 0.25) is 5.91 Å². The van der Waals surface area contributed by atoms with Crippen LogP contribution in [0.5, 0.6) is 11.5 Å². The van der Waals surface area contributed by atoms with Crippen molar-refractivity contribution in [1.29, 1.82) is 0 Å². The molecule has 3 atom stereocenters. The highest BCUT2D eigenvalue weighted by Crippen LogP contribution is 2.42. The Morgan fingerprint density at radius 2 is 1.85 bits per heavy atom. The molecule has 5 rings (SSSR count). The largest absolute Gasteiger partial charge is 0.496 e. The number of carboxylic acids is 1. The van der Waals surface area contributed by atoms with Crippen LogP contribution in [0.3, 0.4) is 0 Å². The van der Waals surface area contributed by atoms with E-state index in [1.807, 2.05) is 47.4 Å². The number of amides is 1. The van der Waals surface area contributed by atoms with E-state index in [4.69, 9.17) is 9.47 Å². The first kappa shape index (κ1) is 34.5. The molecule has 1 N–H and O–H groups in total. The van der Waals surface area contributed by atoms with Crippen LogP contribution in [-0.4, -0.2) is 86.9 Å². The number of carbonyl (C=O) groups excluding carboxylic acids is 1. The molecule has 2 aliphatic heterocycles. The summed E-state index contributed by atoms with van der Waals surface area (Å²) in [6, 6.07) is 22.2. The van der Waals surface area contributed by atoms with Gasteiger partial charge < -0.3 is 24.0 Å². The molecule has 0 radical (unpaired) electrons. The van der Waals surface area contributed by atoms with E-state index in [-0.39, 0.29) is 24.4 Å². The zero-order valence-electron chi connectivity index (χ0n) is 28.8. The first-order chi connectivity index (χ1) is 22.6. The van der Waals surface area contributed by atoms with Crippen LogP contribution in [0.1, 0.15) is 60.8 Å². The molecule has 8 nitrogen and oxygen atoms in total. The van der Waals surface area contributed by atoms with Gasteiger partial charge in [0.25, 0.3) is 0 Å². The monoisotopic (exact) mass is 642 g/mol. The molecule has 3 unspecified atom stereocenters. The van der Waals surface area contributed by atoms with E-state index in [9.17, 15) is 14.7 Å². The Kier molecular flexibility index (Phi) is 11.3. The average Bonchev–Trinajstić information content (AvgIpc) is 3.65. The van der Waals surface area contributed by atoms with Crippen molar-refractivity contribution in [3.63, 3.8) is 0 Å². The molecule has 3 aromatic rings. The number of nitrogens with zero attached hydrogens (tertiary/aromatic N) is 3. The predicted octanol–water partition coefficient (Wildman–Crippen LogP) is 6.16. The van der Waals surface area contributed by atoms with Crippen LogP contribution in [0.25, 0.3) is 0 Å². The highest BCUT2D eigenvalue weighted by molar-refractivity contribution is 5.95. The Balaban J connectivity index is 1.42. The third-order valence-corrected chi connectivity index (χ3v) is 9.57. The second kappa shape index (κ2) is 15.3. The van der Waals surface area contributed by atoms with E-state index in [1.165, 1.54) is 5.56 Å². The van der Waals surface area contributed by atoms with Gasteiger partial charge in [0.1, 0.15) is 18.0 Å². The molecule has 1 fully saturated rings.